The second-order valence-electron chi connectivity index (χ2n) is 7.83. The highest BCUT2D eigenvalue weighted by molar-refractivity contribution is 5.12. The van der Waals surface area contributed by atoms with E-state index in [1.165, 1.54) is 31.4 Å². The maximum absolute atomic E-state index is 4.41. The molecule has 1 aliphatic carbocycles. The van der Waals surface area contributed by atoms with Crippen LogP contribution >= 0.6 is 0 Å². The third-order valence-electron chi connectivity index (χ3n) is 5.29. The number of hydrogen-bond acceptors (Lipinski definition) is 2. The second-order valence-corrected chi connectivity index (χ2v) is 7.83. The van der Waals surface area contributed by atoms with E-state index in [2.05, 4.69) is 55.9 Å². The van der Waals surface area contributed by atoms with E-state index >= 15 is 0 Å². The zero-order chi connectivity index (χ0) is 15.5. The van der Waals surface area contributed by atoms with E-state index in [9.17, 15) is 0 Å². The summed E-state index contributed by atoms with van der Waals surface area (Å²) in [6.45, 7) is 11.7. The van der Waals surface area contributed by atoms with Crippen LogP contribution in [-0.2, 0) is 7.05 Å². The zero-order valence-corrected chi connectivity index (χ0v) is 14.5. The van der Waals surface area contributed by atoms with Crippen molar-refractivity contribution >= 4 is 0 Å². The van der Waals surface area contributed by atoms with Crippen molar-refractivity contribution in [2.75, 3.05) is 13.1 Å². The molecule has 1 saturated carbocycles. The second kappa shape index (κ2) is 6.95. The Morgan fingerprint density at radius 2 is 2.10 bits per heavy atom. The van der Waals surface area contributed by atoms with Crippen molar-refractivity contribution < 1.29 is 0 Å². The van der Waals surface area contributed by atoms with Gasteiger partial charge in [-0.3, -0.25) is 4.68 Å². The summed E-state index contributed by atoms with van der Waals surface area (Å²) in [4.78, 5) is 0. The van der Waals surface area contributed by atoms with E-state index in [1.54, 1.807) is 0 Å². The lowest BCUT2D eigenvalue weighted by Crippen LogP contribution is -2.36. The fourth-order valence-corrected chi connectivity index (χ4v) is 3.84. The summed E-state index contributed by atoms with van der Waals surface area (Å²) in [6.07, 6.45) is 7.19. The first-order chi connectivity index (χ1) is 9.93. The molecule has 1 heterocycles. The Hall–Kier alpha value is -0.830. The molecule has 1 aromatic heterocycles. The van der Waals surface area contributed by atoms with Crippen molar-refractivity contribution in [2.45, 2.75) is 59.3 Å². The molecule has 1 aliphatic rings. The monoisotopic (exact) mass is 291 g/mol. The SMILES string of the molecule is CCCNCC1CCC(C(C)(C)C)CC1c1ccnn1C. The highest BCUT2D eigenvalue weighted by Gasteiger charge is 2.37. The van der Waals surface area contributed by atoms with Crippen molar-refractivity contribution in [1.82, 2.24) is 15.1 Å². The normalized spacial score (nSPS) is 27.0. The van der Waals surface area contributed by atoms with Gasteiger partial charge in [-0.15, -0.1) is 0 Å². The van der Waals surface area contributed by atoms with Gasteiger partial charge in [-0.25, -0.2) is 0 Å². The first-order valence-corrected chi connectivity index (χ1v) is 8.62. The number of nitrogens with zero attached hydrogens (tertiary/aromatic N) is 2. The molecule has 0 saturated heterocycles. The van der Waals surface area contributed by atoms with E-state index in [0.717, 1.165) is 24.9 Å². The van der Waals surface area contributed by atoms with Crippen LogP contribution in [0.25, 0.3) is 0 Å². The highest BCUT2D eigenvalue weighted by Crippen LogP contribution is 2.46. The van der Waals surface area contributed by atoms with Gasteiger partial charge in [0.25, 0.3) is 0 Å². The van der Waals surface area contributed by atoms with Crippen LogP contribution < -0.4 is 5.32 Å². The van der Waals surface area contributed by atoms with Gasteiger partial charge in [0, 0.05) is 24.9 Å². The average molecular weight is 291 g/mol. The molecule has 0 amide bonds. The summed E-state index contributed by atoms with van der Waals surface area (Å²) in [5.41, 5.74) is 1.84. The molecule has 1 fully saturated rings. The number of hydrogen-bond donors (Lipinski definition) is 1. The molecule has 0 bridgehead atoms. The lowest BCUT2D eigenvalue weighted by Gasteiger charge is -2.42. The first-order valence-electron chi connectivity index (χ1n) is 8.62. The summed E-state index contributed by atoms with van der Waals surface area (Å²) >= 11 is 0. The number of aryl methyl sites for hydroxylation is 1. The van der Waals surface area contributed by atoms with Crippen molar-refractivity contribution in [1.29, 1.82) is 0 Å². The van der Waals surface area contributed by atoms with Crippen LogP contribution in [0.2, 0.25) is 0 Å². The van der Waals surface area contributed by atoms with Gasteiger partial charge in [0.1, 0.15) is 0 Å². The maximum atomic E-state index is 4.41. The van der Waals surface area contributed by atoms with Crippen LogP contribution in [0.1, 0.15) is 65.0 Å². The largest absolute Gasteiger partial charge is 0.316 e. The standard InChI is InChI=1S/C18H33N3/c1-6-10-19-13-14-7-8-15(18(2,3)4)12-16(14)17-9-11-20-21(17)5/h9,11,14-16,19H,6-8,10,12-13H2,1-5H3. The summed E-state index contributed by atoms with van der Waals surface area (Å²) in [5, 5.41) is 8.05. The molecule has 0 aliphatic heterocycles. The maximum Gasteiger partial charge on any atom is 0.0492 e. The van der Waals surface area contributed by atoms with Gasteiger partial charge >= 0.3 is 0 Å². The summed E-state index contributed by atoms with van der Waals surface area (Å²) in [5.74, 6) is 2.23. The van der Waals surface area contributed by atoms with Crippen LogP contribution in [0.15, 0.2) is 12.3 Å². The van der Waals surface area contributed by atoms with Gasteiger partial charge in [0.15, 0.2) is 0 Å². The molecule has 3 unspecified atom stereocenters. The molecule has 1 N–H and O–H groups in total. The Bertz CT molecular complexity index is 430. The van der Waals surface area contributed by atoms with E-state index in [4.69, 9.17) is 0 Å². The van der Waals surface area contributed by atoms with Crippen LogP contribution in [0.5, 0.6) is 0 Å². The van der Waals surface area contributed by atoms with Gasteiger partial charge in [0.05, 0.1) is 0 Å². The summed E-state index contributed by atoms with van der Waals surface area (Å²) < 4.78 is 2.09. The first kappa shape index (κ1) is 16.5. The average Bonchev–Trinajstić information content (AvgIpc) is 2.84. The summed E-state index contributed by atoms with van der Waals surface area (Å²) in [6, 6.07) is 2.22. The van der Waals surface area contributed by atoms with Crippen molar-refractivity contribution in [2.24, 2.45) is 24.3 Å². The smallest absolute Gasteiger partial charge is 0.0492 e. The van der Waals surface area contributed by atoms with Gasteiger partial charge < -0.3 is 5.32 Å². The number of aromatic nitrogens is 2. The molecule has 0 spiro atoms. The molecular formula is C18H33N3. The lowest BCUT2D eigenvalue weighted by atomic mass is 9.64. The molecule has 120 valence electrons. The van der Waals surface area contributed by atoms with Crippen LogP contribution in [0.4, 0.5) is 0 Å². The fourth-order valence-electron chi connectivity index (χ4n) is 3.84. The Labute approximate surface area is 130 Å². The third kappa shape index (κ3) is 4.09. The van der Waals surface area contributed by atoms with Gasteiger partial charge in [-0.05, 0) is 62.1 Å². The molecule has 0 radical (unpaired) electrons. The minimum Gasteiger partial charge on any atom is -0.316 e. The molecule has 3 nitrogen and oxygen atoms in total. The van der Waals surface area contributed by atoms with E-state index in [0.29, 0.717) is 11.3 Å². The predicted molar refractivity (Wildman–Crippen MR) is 89.4 cm³/mol. The number of rotatable bonds is 5. The quantitative estimate of drug-likeness (QED) is 0.832. The lowest BCUT2D eigenvalue weighted by molar-refractivity contribution is 0.126. The zero-order valence-electron chi connectivity index (χ0n) is 14.5. The molecule has 1 aromatic rings. The Morgan fingerprint density at radius 1 is 1.33 bits per heavy atom. The van der Waals surface area contributed by atoms with Crippen LogP contribution in [-0.4, -0.2) is 22.9 Å². The third-order valence-corrected chi connectivity index (χ3v) is 5.29. The van der Waals surface area contributed by atoms with Crippen molar-refractivity contribution in [3.63, 3.8) is 0 Å². The van der Waals surface area contributed by atoms with E-state index < -0.39 is 0 Å². The minimum atomic E-state index is 0.415. The van der Waals surface area contributed by atoms with Crippen molar-refractivity contribution in [3.8, 4) is 0 Å². The van der Waals surface area contributed by atoms with Crippen LogP contribution in [0.3, 0.4) is 0 Å². The van der Waals surface area contributed by atoms with Crippen LogP contribution in [0, 0.1) is 17.3 Å². The molecule has 3 atom stereocenters. The molecule has 21 heavy (non-hydrogen) atoms. The minimum absolute atomic E-state index is 0.415. The van der Waals surface area contributed by atoms with E-state index in [-0.39, 0.29) is 0 Å². The van der Waals surface area contributed by atoms with Gasteiger partial charge in [0.2, 0.25) is 0 Å². The van der Waals surface area contributed by atoms with Crippen molar-refractivity contribution in [3.05, 3.63) is 18.0 Å². The van der Waals surface area contributed by atoms with E-state index in [1.807, 2.05) is 6.20 Å². The highest BCUT2D eigenvalue weighted by atomic mass is 15.3. The molecule has 0 aromatic carbocycles. The Morgan fingerprint density at radius 3 is 2.67 bits per heavy atom. The number of nitrogens with one attached hydrogen (secondary N) is 1. The predicted octanol–water partition coefficient (Wildman–Crippen LogP) is 3.97. The topological polar surface area (TPSA) is 29.9 Å². The molecule has 2 rings (SSSR count). The fraction of sp³-hybridized carbons (Fsp3) is 0.833. The van der Waals surface area contributed by atoms with Gasteiger partial charge in [-0.1, -0.05) is 27.7 Å². The summed E-state index contributed by atoms with van der Waals surface area (Å²) in [7, 11) is 2.09. The molecule has 3 heteroatoms. The Balaban J connectivity index is 2.12. The Kier molecular flexibility index (Phi) is 5.48. The molecular weight excluding hydrogens is 258 g/mol. The van der Waals surface area contributed by atoms with Gasteiger partial charge in [-0.2, -0.15) is 5.10 Å².